The van der Waals surface area contributed by atoms with Crippen molar-refractivity contribution in [1.82, 2.24) is 20.2 Å². The lowest BCUT2D eigenvalue weighted by Crippen LogP contribution is -2.46. The number of rotatable bonds is 5. The first kappa shape index (κ1) is 21.6. The van der Waals surface area contributed by atoms with Crippen LogP contribution in [0.5, 0.6) is 0 Å². The molecule has 32 heavy (non-hydrogen) atoms. The molecule has 1 saturated heterocycles. The molecule has 3 amide bonds. The summed E-state index contributed by atoms with van der Waals surface area (Å²) in [5.41, 5.74) is -0.221. The number of piperidine rings is 1. The Labute approximate surface area is 187 Å². The van der Waals surface area contributed by atoms with E-state index in [2.05, 4.69) is 20.6 Å². The van der Waals surface area contributed by atoms with Crippen LogP contribution >= 0.6 is 11.3 Å². The minimum atomic E-state index is -0.724. The smallest absolute Gasteiger partial charge is 0.273 e. The van der Waals surface area contributed by atoms with Gasteiger partial charge in [0.05, 0.1) is 10.4 Å². The monoisotopic (exact) mass is 453 g/mol. The second-order valence-electron chi connectivity index (χ2n) is 7.20. The van der Waals surface area contributed by atoms with Gasteiger partial charge >= 0.3 is 0 Å². The number of anilines is 1. The molecule has 0 radical (unpaired) electrons. The number of carbonyl (C=O) groups excluding carboxylic acids is 3. The third kappa shape index (κ3) is 4.80. The summed E-state index contributed by atoms with van der Waals surface area (Å²) in [6.45, 7) is 1.05. The molecule has 0 unspecified atom stereocenters. The van der Waals surface area contributed by atoms with Crippen LogP contribution in [0.1, 0.15) is 43.4 Å². The molecule has 164 valence electrons. The third-order valence-electron chi connectivity index (χ3n) is 5.11. The highest BCUT2D eigenvalue weighted by Crippen LogP contribution is 2.18. The first-order valence-corrected chi connectivity index (χ1v) is 10.9. The average molecular weight is 453 g/mol. The molecule has 2 N–H and O–H groups in total. The van der Waals surface area contributed by atoms with Crippen LogP contribution in [0.4, 0.5) is 10.2 Å². The molecule has 0 atom stereocenters. The minimum Gasteiger partial charge on any atom is -0.348 e. The van der Waals surface area contributed by atoms with E-state index < -0.39 is 17.6 Å². The molecule has 1 aromatic carbocycles. The largest absolute Gasteiger partial charge is 0.348 e. The maximum atomic E-state index is 13.9. The van der Waals surface area contributed by atoms with Gasteiger partial charge in [0.15, 0.2) is 11.5 Å². The maximum Gasteiger partial charge on any atom is 0.273 e. The molecule has 4 rings (SSSR count). The van der Waals surface area contributed by atoms with E-state index in [1.54, 1.807) is 11.0 Å². The van der Waals surface area contributed by atoms with Crippen LogP contribution in [0, 0.1) is 5.82 Å². The van der Waals surface area contributed by atoms with Crippen molar-refractivity contribution in [3.05, 3.63) is 76.1 Å². The predicted octanol–water partition coefficient (Wildman–Crippen LogP) is 2.96. The van der Waals surface area contributed by atoms with Crippen LogP contribution in [0.25, 0.3) is 0 Å². The van der Waals surface area contributed by atoms with Crippen molar-refractivity contribution in [3.63, 3.8) is 0 Å². The van der Waals surface area contributed by atoms with Crippen molar-refractivity contribution in [2.45, 2.75) is 18.9 Å². The van der Waals surface area contributed by atoms with Crippen molar-refractivity contribution >= 4 is 34.9 Å². The molecule has 2 aromatic heterocycles. The number of hydrogen-bond acceptors (Lipinski definition) is 6. The van der Waals surface area contributed by atoms with E-state index in [0.717, 1.165) is 0 Å². The van der Waals surface area contributed by atoms with Crippen LogP contribution in [-0.2, 0) is 0 Å². The molecular weight excluding hydrogens is 433 g/mol. The summed E-state index contributed by atoms with van der Waals surface area (Å²) in [5, 5.41) is 7.22. The third-order valence-corrected chi connectivity index (χ3v) is 5.97. The zero-order chi connectivity index (χ0) is 22.5. The van der Waals surface area contributed by atoms with Gasteiger partial charge in [0.2, 0.25) is 0 Å². The summed E-state index contributed by atoms with van der Waals surface area (Å²) in [5.74, 6) is -1.95. The molecule has 0 saturated carbocycles. The van der Waals surface area contributed by atoms with Crippen molar-refractivity contribution in [3.8, 4) is 0 Å². The van der Waals surface area contributed by atoms with E-state index >= 15 is 0 Å². The highest BCUT2D eigenvalue weighted by atomic mass is 32.1. The summed E-state index contributed by atoms with van der Waals surface area (Å²) >= 11 is 1.40. The molecule has 1 aliphatic rings. The molecule has 10 heteroatoms. The first-order chi connectivity index (χ1) is 15.5. The Hall–Kier alpha value is -3.66. The Balaban J connectivity index is 1.38. The van der Waals surface area contributed by atoms with E-state index in [1.807, 2.05) is 11.4 Å². The Morgan fingerprint density at radius 3 is 2.47 bits per heavy atom. The molecule has 8 nitrogen and oxygen atoms in total. The number of nitrogens with zero attached hydrogens (tertiary/aromatic N) is 3. The van der Waals surface area contributed by atoms with Gasteiger partial charge in [0.1, 0.15) is 5.82 Å². The number of benzene rings is 1. The summed E-state index contributed by atoms with van der Waals surface area (Å²) in [6, 6.07) is 9.03. The van der Waals surface area contributed by atoms with Crippen molar-refractivity contribution in [1.29, 1.82) is 0 Å². The number of likely N-dealkylation sites (tertiary alicyclic amines) is 1. The highest BCUT2D eigenvalue weighted by molar-refractivity contribution is 7.12. The van der Waals surface area contributed by atoms with Gasteiger partial charge in [-0.15, -0.1) is 11.3 Å². The lowest BCUT2D eigenvalue weighted by molar-refractivity contribution is 0.0702. The number of hydrogen-bond donors (Lipinski definition) is 2. The molecule has 0 aliphatic carbocycles. The lowest BCUT2D eigenvalue weighted by Gasteiger charge is -2.32. The van der Waals surface area contributed by atoms with Gasteiger partial charge < -0.3 is 15.5 Å². The molecule has 1 fully saturated rings. The SMILES string of the molecule is O=C(Nc1nccnc1C(=O)NC1CCN(C(=O)c2cccs2)CC1)c1ccccc1F. The second kappa shape index (κ2) is 9.65. The summed E-state index contributed by atoms with van der Waals surface area (Å²) in [4.78, 5) is 48.2. The fraction of sp³-hybridized carbons (Fsp3) is 0.227. The van der Waals surface area contributed by atoms with Gasteiger partial charge in [-0.25, -0.2) is 14.4 Å². The zero-order valence-corrected chi connectivity index (χ0v) is 17.8. The van der Waals surface area contributed by atoms with Gasteiger partial charge in [0, 0.05) is 31.5 Å². The summed E-state index contributed by atoms with van der Waals surface area (Å²) in [6.07, 6.45) is 3.87. The molecule has 0 spiro atoms. The standard InChI is InChI=1S/C22H20FN5O3S/c23-16-5-2-1-4-15(16)20(29)27-19-18(24-9-10-25-19)21(30)26-14-7-11-28(12-8-14)22(31)17-6-3-13-32-17/h1-6,9-10,13-14H,7-8,11-12H2,(H,26,30)(H,25,27,29). The van der Waals surface area contributed by atoms with Gasteiger partial charge in [0.25, 0.3) is 17.7 Å². The van der Waals surface area contributed by atoms with E-state index in [4.69, 9.17) is 0 Å². The normalized spacial score (nSPS) is 14.1. The van der Waals surface area contributed by atoms with Crippen LogP contribution in [0.2, 0.25) is 0 Å². The number of nitrogens with one attached hydrogen (secondary N) is 2. The maximum absolute atomic E-state index is 13.9. The topological polar surface area (TPSA) is 104 Å². The van der Waals surface area contributed by atoms with Gasteiger partial charge in [-0.3, -0.25) is 14.4 Å². The number of amides is 3. The van der Waals surface area contributed by atoms with Gasteiger partial charge in [-0.2, -0.15) is 0 Å². The fourth-order valence-corrected chi connectivity index (χ4v) is 4.14. The summed E-state index contributed by atoms with van der Waals surface area (Å²) in [7, 11) is 0. The van der Waals surface area contributed by atoms with Crippen molar-refractivity contribution in [2.75, 3.05) is 18.4 Å². The minimum absolute atomic E-state index is 0.00292. The predicted molar refractivity (Wildman–Crippen MR) is 117 cm³/mol. The van der Waals surface area contributed by atoms with E-state index in [9.17, 15) is 18.8 Å². The Bertz CT molecular complexity index is 1130. The number of carbonyl (C=O) groups is 3. The number of aromatic nitrogens is 2. The fourth-order valence-electron chi connectivity index (χ4n) is 3.45. The summed E-state index contributed by atoms with van der Waals surface area (Å²) < 4.78 is 13.9. The number of thiophene rings is 1. The van der Waals surface area contributed by atoms with Crippen LogP contribution in [0.15, 0.2) is 54.2 Å². The first-order valence-electron chi connectivity index (χ1n) is 10.0. The Morgan fingerprint density at radius 1 is 1.00 bits per heavy atom. The lowest BCUT2D eigenvalue weighted by atomic mass is 10.0. The molecule has 0 bridgehead atoms. The Morgan fingerprint density at radius 2 is 1.75 bits per heavy atom. The second-order valence-corrected chi connectivity index (χ2v) is 8.15. The molecule has 1 aliphatic heterocycles. The van der Waals surface area contributed by atoms with Crippen LogP contribution in [0.3, 0.4) is 0 Å². The molecule has 3 aromatic rings. The van der Waals surface area contributed by atoms with Gasteiger partial charge in [-0.1, -0.05) is 18.2 Å². The van der Waals surface area contributed by atoms with E-state index in [-0.39, 0.29) is 29.0 Å². The molecule has 3 heterocycles. The van der Waals surface area contributed by atoms with Gasteiger partial charge in [-0.05, 0) is 36.4 Å². The average Bonchev–Trinajstić information content (AvgIpc) is 3.35. The van der Waals surface area contributed by atoms with E-state index in [0.29, 0.717) is 30.8 Å². The quantitative estimate of drug-likeness (QED) is 0.618. The number of halogens is 1. The zero-order valence-electron chi connectivity index (χ0n) is 17.0. The Kier molecular flexibility index (Phi) is 6.50. The van der Waals surface area contributed by atoms with E-state index in [1.165, 1.54) is 48.0 Å². The van der Waals surface area contributed by atoms with Crippen LogP contribution in [-0.4, -0.2) is 51.7 Å². The highest BCUT2D eigenvalue weighted by Gasteiger charge is 2.27. The van der Waals surface area contributed by atoms with Crippen LogP contribution < -0.4 is 10.6 Å². The molecular formula is C22H20FN5O3S. The van der Waals surface area contributed by atoms with Crippen molar-refractivity contribution in [2.24, 2.45) is 0 Å². The van der Waals surface area contributed by atoms with Crippen molar-refractivity contribution < 1.29 is 18.8 Å².